The van der Waals surface area contributed by atoms with Crippen LogP contribution in [0.4, 0.5) is 0 Å². The van der Waals surface area contributed by atoms with Gasteiger partial charge in [0.2, 0.25) is 0 Å². The molecule has 3 nitrogen and oxygen atoms in total. The van der Waals surface area contributed by atoms with Crippen LogP contribution in [0.1, 0.15) is 17.5 Å². The number of benzene rings is 2. The second kappa shape index (κ2) is 10.3. The minimum absolute atomic E-state index is 0.104. The lowest BCUT2D eigenvalue weighted by atomic mass is 10.1. The number of aliphatic hydroxyl groups excluding tert-OH is 1. The van der Waals surface area contributed by atoms with Crippen molar-refractivity contribution in [3.63, 3.8) is 0 Å². The van der Waals surface area contributed by atoms with E-state index in [1.54, 1.807) is 24.3 Å². The molecule has 2 aromatic carbocycles. The highest BCUT2D eigenvalue weighted by Crippen LogP contribution is 2.14. The Labute approximate surface area is 132 Å². The van der Waals surface area contributed by atoms with Crippen LogP contribution in [0.25, 0.3) is 0 Å². The summed E-state index contributed by atoms with van der Waals surface area (Å²) < 4.78 is 1.92. The van der Waals surface area contributed by atoms with Crippen LogP contribution in [0.15, 0.2) is 54.6 Å². The topological polar surface area (TPSA) is 43.7 Å². The Kier molecular flexibility index (Phi) is 8.59. The normalized spacial score (nSPS) is 10.1. The first-order valence-electron chi connectivity index (χ1n) is 6.95. The Morgan fingerprint density at radius 2 is 1.62 bits per heavy atom. The summed E-state index contributed by atoms with van der Waals surface area (Å²) in [7, 11) is 1.98. The Morgan fingerprint density at radius 1 is 1.00 bits per heavy atom. The van der Waals surface area contributed by atoms with E-state index in [-0.39, 0.29) is 12.4 Å². The Morgan fingerprint density at radius 3 is 2.14 bits per heavy atom. The van der Waals surface area contributed by atoms with Gasteiger partial charge in [-0.05, 0) is 31.5 Å². The molecule has 21 heavy (non-hydrogen) atoms. The second-order valence-electron chi connectivity index (χ2n) is 4.76. The van der Waals surface area contributed by atoms with Crippen LogP contribution in [0, 0.1) is 0 Å². The van der Waals surface area contributed by atoms with E-state index in [1.165, 1.54) is 12.0 Å². The molecule has 0 heterocycles. The highest BCUT2D eigenvalue weighted by atomic mass is 32.1. The molecular weight excluding hydrogens is 282 g/mol. The zero-order chi connectivity index (χ0) is 15.5. The van der Waals surface area contributed by atoms with Gasteiger partial charge in [0.1, 0.15) is 5.75 Å². The maximum absolute atomic E-state index is 8.95. The molecule has 0 radical (unpaired) electrons. The maximum atomic E-state index is 8.95. The van der Waals surface area contributed by atoms with Gasteiger partial charge in [-0.1, -0.05) is 61.3 Å². The number of thiol groups is 1. The lowest BCUT2D eigenvalue weighted by molar-refractivity contribution is 0.275. The van der Waals surface area contributed by atoms with E-state index in [9.17, 15) is 0 Å². The highest BCUT2D eigenvalue weighted by molar-refractivity contribution is 7.77. The third-order valence-corrected chi connectivity index (χ3v) is 3.15. The van der Waals surface area contributed by atoms with E-state index in [0.717, 1.165) is 13.0 Å². The Balaban J connectivity index is 0.000000219. The summed E-state index contributed by atoms with van der Waals surface area (Å²) in [5, 5.41) is 17.5. The van der Waals surface area contributed by atoms with Crippen LogP contribution in [0.2, 0.25) is 0 Å². The molecule has 0 aliphatic heterocycles. The third kappa shape index (κ3) is 7.75. The number of hydrogen-bond acceptors (Lipinski definition) is 4. The average molecular weight is 305 g/mol. The van der Waals surface area contributed by atoms with Crippen molar-refractivity contribution in [1.82, 2.24) is 4.31 Å². The summed E-state index contributed by atoms with van der Waals surface area (Å²) in [4.78, 5) is 0. The molecule has 4 heteroatoms. The number of aromatic hydroxyl groups is 1. The fourth-order valence-corrected chi connectivity index (χ4v) is 1.94. The molecule has 0 aliphatic rings. The molecule has 2 N–H and O–H groups in total. The maximum Gasteiger partial charge on any atom is 0.121 e. The second-order valence-corrected chi connectivity index (χ2v) is 5.44. The van der Waals surface area contributed by atoms with Gasteiger partial charge in [-0.3, -0.25) is 4.31 Å². The summed E-state index contributed by atoms with van der Waals surface area (Å²) >= 11 is 4.18. The number of hydrogen-bond donors (Lipinski definition) is 3. The number of aliphatic hydroxyl groups is 1. The van der Waals surface area contributed by atoms with Crippen LogP contribution in [-0.2, 0) is 13.0 Å². The van der Waals surface area contributed by atoms with Crippen LogP contribution in [0.3, 0.4) is 0 Å². The van der Waals surface area contributed by atoms with Crippen LogP contribution >= 0.6 is 12.8 Å². The first kappa shape index (κ1) is 17.6. The van der Waals surface area contributed by atoms with Crippen LogP contribution in [0.5, 0.6) is 5.75 Å². The Hall–Kier alpha value is -1.49. The van der Waals surface area contributed by atoms with Crippen molar-refractivity contribution in [1.29, 1.82) is 0 Å². The fourth-order valence-electron chi connectivity index (χ4n) is 1.80. The van der Waals surface area contributed by atoms with E-state index in [4.69, 9.17) is 10.2 Å². The van der Waals surface area contributed by atoms with Gasteiger partial charge >= 0.3 is 0 Å². The summed E-state index contributed by atoms with van der Waals surface area (Å²) in [6.07, 6.45) is 2.32. The minimum Gasteiger partial charge on any atom is -0.508 e. The van der Waals surface area contributed by atoms with E-state index in [2.05, 4.69) is 37.1 Å². The lowest BCUT2D eigenvalue weighted by Crippen LogP contribution is -2.07. The van der Waals surface area contributed by atoms with E-state index >= 15 is 0 Å². The Bertz CT molecular complexity index is 503. The van der Waals surface area contributed by atoms with Crippen molar-refractivity contribution >= 4 is 12.8 Å². The van der Waals surface area contributed by atoms with E-state index < -0.39 is 0 Å². The summed E-state index contributed by atoms with van der Waals surface area (Å²) in [5.74, 6) is 0.153. The fraction of sp³-hybridized carbons (Fsp3) is 0.294. The standard InChI is InChI=1S/C10H15NS.C7H8O2/c1-11(12)9-5-8-10-6-3-2-4-7-10;8-5-6-3-1-2-4-7(6)9/h2-4,6-7,12H,5,8-9H2,1H3;1-4,8-9H,5H2. The smallest absolute Gasteiger partial charge is 0.121 e. The molecule has 2 rings (SSSR count). The molecule has 114 valence electrons. The molecular formula is C17H23NO2S. The lowest BCUT2D eigenvalue weighted by Gasteiger charge is -2.07. The first-order valence-corrected chi connectivity index (χ1v) is 7.35. The molecule has 0 aromatic heterocycles. The molecule has 0 unspecified atom stereocenters. The zero-order valence-electron chi connectivity index (χ0n) is 12.3. The van der Waals surface area contributed by atoms with Crippen LogP contribution < -0.4 is 0 Å². The van der Waals surface area contributed by atoms with Gasteiger partial charge in [0.25, 0.3) is 0 Å². The molecule has 0 fully saturated rings. The van der Waals surface area contributed by atoms with Crippen molar-refractivity contribution in [2.45, 2.75) is 19.4 Å². The van der Waals surface area contributed by atoms with Crippen molar-refractivity contribution < 1.29 is 10.2 Å². The number of phenols is 1. The minimum atomic E-state index is -0.104. The van der Waals surface area contributed by atoms with E-state index in [1.807, 2.05) is 17.4 Å². The SMILES string of the molecule is CN(S)CCCc1ccccc1.OCc1ccccc1O. The number of para-hydroxylation sites is 1. The third-order valence-electron chi connectivity index (χ3n) is 2.95. The van der Waals surface area contributed by atoms with Crippen molar-refractivity contribution in [3.8, 4) is 5.75 Å². The molecule has 0 saturated carbocycles. The van der Waals surface area contributed by atoms with Gasteiger partial charge in [-0.25, -0.2) is 0 Å². The highest BCUT2D eigenvalue weighted by Gasteiger charge is 1.94. The summed E-state index contributed by atoms with van der Waals surface area (Å²) in [5.41, 5.74) is 1.98. The molecule has 0 aliphatic carbocycles. The molecule has 0 spiro atoms. The zero-order valence-corrected chi connectivity index (χ0v) is 13.2. The predicted octanol–water partition coefficient (Wildman–Crippen LogP) is 3.28. The number of rotatable bonds is 5. The van der Waals surface area contributed by atoms with E-state index in [0.29, 0.717) is 5.56 Å². The summed E-state index contributed by atoms with van der Waals surface area (Å²) in [6.45, 7) is 0.935. The van der Waals surface area contributed by atoms with Gasteiger partial charge in [0, 0.05) is 12.1 Å². The van der Waals surface area contributed by atoms with Gasteiger partial charge in [0.05, 0.1) is 6.61 Å². The molecule has 0 saturated heterocycles. The van der Waals surface area contributed by atoms with Crippen molar-refractivity contribution in [2.75, 3.05) is 13.6 Å². The quantitative estimate of drug-likeness (QED) is 0.743. The van der Waals surface area contributed by atoms with Gasteiger partial charge < -0.3 is 10.2 Å². The van der Waals surface area contributed by atoms with Gasteiger partial charge in [-0.2, -0.15) is 0 Å². The van der Waals surface area contributed by atoms with Gasteiger partial charge in [0.15, 0.2) is 0 Å². The van der Waals surface area contributed by atoms with Crippen molar-refractivity contribution in [2.24, 2.45) is 0 Å². The molecule has 0 amide bonds. The summed E-state index contributed by atoms with van der Waals surface area (Å²) in [6, 6.07) is 17.3. The number of aryl methyl sites for hydroxylation is 1. The molecule has 0 bridgehead atoms. The predicted molar refractivity (Wildman–Crippen MR) is 90.4 cm³/mol. The molecule has 2 aromatic rings. The largest absolute Gasteiger partial charge is 0.508 e. The number of nitrogens with zero attached hydrogens (tertiary/aromatic N) is 1. The monoisotopic (exact) mass is 305 g/mol. The van der Waals surface area contributed by atoms with Crippen LogP contribution in [-0.4, -0.2) is 28.1 Å². The van der Waals surface area contributed by atoms with Crippen molar-refractivity contribution in [3.05, 3.63) is 65.7 Å². The average Bonchev–Trinajstić information content (AvgIpc) is 2.49. The van der Waals surface area contributed by atoms with Gasteiger partial charge in [-0.15, -0.1) is 0 Å². The molecule has 0 atom stereocenters. The first-order chi connectivity index (χ1) is 10.1.